The monoisotopic (exact) mass is 284 g/mol. The average Bonchev–Trinajstić information content (AvgIpc) is 2.48. The molecule has 0 aromatic rings. The smallest absolute Gasteiger partial charge is 0.314 e. The quantitative estimate of drug-likeness (QED) is 0.791. The third-order valence-corrected chi connectivity index (χ3v) is 4.28. The fraction of sp³-hybridized carbons (Fsp3) is 0.857. The number of urea groups is 1. The van der Waals surface area contributed by atoms with Crippen LogP contribution in [0.15, 0.2) is 0 Å². The van der Waals surface area contributed by atoms with Gasteiger partial charge in [-0.25, -0.2) is 4.79 Å². The van der Waals surface area contributed by atoms with Gasteiger partial charge in [0.15, 0.2) is 0 Å². The van der Waals surface area contributed by atoms with Crippen molar-refractivity contribution in [3.05, 3.63) is 0 Å². The highest BCUT2D eigenvalue weighted by molar-refractivity contribution is 5.76. The first-order valence-electron chi connectivity index (χ1n) is 7.39. The van der Waals surface area contributed by atoms with Gasteiger partial charge >= 0.3 is 12.0 Å². The second-order valence-corrected chi connectivity index (χ2v) is 5.66. The van der Waals surface area contributed by atoms with Gasteiger partial charge in [0, 0.05) is 20.2 Å². The number of nitrogens with zero attached hydrogens (tertiary/aromatic N) is 1. The molecule has 0 aromatic heterocycles. The summed E-state index contributed by atoms with van der Waals surface area (Å²) in [5, 5.41) is 0. The normalized spacial score (nSPS) is 30.9. The number of likely N-dealkylation sites (tertiary alicyclic amines) is 1. The minimum absolute atomic E-state index is 0.00327. The first kappa shape index (κ1) is 15.1. The number of hydrogen-bond donors (Lipinski definition) is 1. The zero-order chi connectivity index (χ0) is 14.5. The summed E-state index contributed by atoms with van der Waals surface area (Å²) in [7, 11) is 1.66. The summed E-state index contributed by atoms with van der Waals surface area (Å²) in [5.74, 6) is -0.472. The maximum Gasteiger partial charge on any atom is 0.314 e. The topological polar surface area (TPSA) is 81.9 Å². The van der Waals surface area contributed by atoms with E-state index in [1.165, 1.54) is 4.90 Å². The van der Waals surface area contributed by atoms with Crippen LogP contribution in [0.5, 0.6) is 0 Å². The highest BCUT2D eigenvalue weighted by atomic mass is 16.6. The molecule has 0 aromatic carbocycles. The zero-order valence-corrected chi connectivity index (χ0v) is 12.0. The van der Waals surface area contributed by atoms with E-state index in [1.807, 2.05) is 0 Å². The molecule has 2 rings (SSSR count). The molecule has 2 fully saturated rings. The minimum atomic E-state index is -0.463. The molecule has 1 saturated carbocycles. The molecule has 6 nitrogen and oxygen atoms in total. The molecule has 114 valence electrons. The van der Waals surface area contributed by atoms with Crippen LogP contribution in [0.4, 0.5) is 4.79 Å². The van der Waals surface area contributed by atoms with Gasteiger partial charge in [-0.2, -0.15) is 0 Å². The lowest BCUT2D eigenvalue weighted by Gasteiger charge is -2.34. The molecule has 1 heterocycles. The molecule has 0 spiro atoms. The number of piperidine rings is 1. The summed E-state index contributed by atoms with van der Waals surface area (Å²) < 4.78 is 11.0. The van der Waals surface area contributed by atoms with Crippen molar-refractivity contribution >= 4 is 12.0 Å². The summed E-state index contributed by atoms with van der Waals surface area (Å²) in [6, 6.07) is -0.463. The molecule has 2 aliphatic rings. The Hall–Kier alpha value is -1.30. The van der Waals surface area contributed by atoms with Crippen molar-refractivity contribution in [1.82, 2.24) is 4.90 Å². The average molecular weight is 284 g/mol. The Morgan fingerprint density at radius 3 is 2.45 bits per heavy atom. The lowest BCUT2D eigenvalue weighted by Crippen LogP contribution is -2.46. The first-order chi connectivity index (χ1) is 9.61. The van der Waals surface area contributed by atoms with E-state index in [4.69, 9.17) is 15.2 Å². The van der Waals surface area contributed by atoms with Crippen LogP contribution in [-0.4, -0.2) is 49.3 Å². The second-order valence-electron chi connectivity index (χ2n) is 5.66. The summed E-state index contributed by atoms with van der Waals surface area (Å²) in [6.07, 6.45) is 5.38. The Kier molecular flexibility index (Phi) is 5.23. The SMILES string of the molecule is CO[C@@H]1CCCC[C@H]1OC(=O)[C@H]1CCCN(C(N)=O)C1. The molecule has 0 bridgehead atoms. The standard InChI is InChI=1S/C14H24N2O4/c1-19-11-6-2-3-7-12(11)20-13(17)10-5-4-8-16(9-10)14(15)18/h10-12H,2-9H2,1H3,(H2,15,18)/t10-,11+,12+/m0/s1. The highest BCUT2D eigenvalue weighted by Crippen LogP contribution is 2.26. The number of hydrogen-bond acceptors (Lipinski definition) is 4. The van der Waals surface area contributed by atoms with Gasteiger partial charge in [0.1, 0.15) is 6.10 Å². The number of rotatable bonds is 3. The predicted octanol–water partition coefficient (Wildman–Crippen LogP) is 1.28. The van der Waals surface area contributed by atoms with Gasteiger partial charge < -0.3 is 20.1 Å². The van der Waals surface area contributed by atoms with Crippen LogP contribution in [0.1, 0.15) is 38.5 Å². The number of nitrogens with two attached hydrogens (primary N) is 1. The van der Waals surface area contributed by atoms with Crippen LogP contribution >= 0.6 is 0 Å². The van der Waals surface area contributed by atoms with Gasteiger partial charge in [-0.15, -0.1) is 0 Å². The minimum Gasteiger partial charge on any atom is -0.459 e. The van der Waals surface area contributed by atoms with E-state index < -0.39 is 6.03 Å². The zero-order valence-electron chi connectivity index (χ0n) is 12.0. The maximum absolute atomic E-state index is 12.2. The molecule has 2 amide bonds. The van der Waals surface area contributed by atoms with Crippen LogP contribution in [0.25, 0.3) is 0 Å². The molecule has 1 saturated heterocycles. The molecule has 3 atom stereocenters. The van der Waals surface area contributed by atoms with Crippen molar-refractivity contribution in [1.29, 1.82) is 0 Å². The van der Waals surface area contributed by atoms with Crippen molar-refractivity contribution in [2.75, 3.05) is 20.2 Å². The largest absolute Gasteiger partial charge is 0.459 e. The fourth-order valence-corrected chi connectivity index (χ4v) is 3.08. The van der Waals surface area contributed by atoms with Gasteiger partial charge in [-0.05, 0) is 32.1 Å². The van der Waals surface area contributed by atoms with E-state index in [-0.39, 0.29) is 24.1 Å². The number of carbonyl (C=O) groups excluding carboxylic acids is 2. The van der Waals surface area contributed by atoms with Crippen LogP contribution in [0.2, 0.25) is 0 Å². The second kappa shape index (κ2) is 6.92. The van der Waals surface area contributed by atoms with Gasteiger partial charge in [0.25, 0.3) is 0 Å². The molecule has 6 heteroatoms. The van der Waals surface area contributed by atoms with E-state index in [0.29, 0.717) is 13.1 Å². The molecule has 1 aliphatic carbocycles. The van der Waals surface area contributed by atoms with E-state index in [2.05, 4.69) is 0 Å². The Bertz CT molecular complexity index is 361. The molecule has 0 unspecified atom stereocenters. The summed E-state index contributed by atoms with van der Waals surface area (Å²) in [5.41, 5.74) is 5.27. The molecule has 0 radical (unpaired) electrons. The molecule has 2 N–H and O–H groups in total. The lowest BCUT2D eigenvalue weighted by atomic mass is 9.94. The number of esters is 1. The molecule has 1 aliphatic heterocycles. The maximum atomic E-state index is 12.2. The van der Waals surface area contributed by atoms with Crippen LogP contribution in [-0.2, 0) is 14.3 Å². The van der Waals surface area contributed by atoms with Gasteiger partial charge in [-0.3, -0.25) is 4.79 Å². The fourth-order valence-electron chi connectivity index (χ4n) is 3.08. The Labute approximate surface area is 119 Å². The number of carbonyl (C=O) groups is 2. The molecule has 20 heavy (non-hydrogen) atoms. The number of methoxy groups -OCH3 is 1. The van der Waals surface area contributed by atoms with Gasteiger partial charge in [-0.1, -0.05) is 6.42 Å². The lowest BCUT2D eigenvalue weighted by molar-refractivity contribution is -0.165. The highest BCUT2D eigenvalue weighted by Gasteiger charge is 2.33. The van der Waals surface area contributed by atoms with Crippen molar-refractivity contribution < 1.29 is 19.1 Å². The van der Waals surface area contributed by atoms with E-state index in [1.54, 1.807) is 7.11 Å². The number of primary amides is 1. The third-order valence-electron chi connectivity index (χ3n) is 4.28. The number of ether oxygens (including phenoxy) is 2. The van der Waals surface area contributed by atoms with Gasteiger partial charge in [0.2, 0.25) is 0 Å². The van der Waals surface area contributed by atoms with E-state index >= 15 is 0 Å². The predicted molar refractivity (Wildman–Crippen MR) is 73.0 cm³/mol. The Morgan fingerprint density at radius 2 is 1.80 bits per heavy atom. The van der Waals surface area contributed by atoms with Gasteiger partial charge in [0.05, 0.1) is 12.0 Å². The summed E-state index contributed by atoms with van der Waals surface area (Å²) in [6.45, 7) is 1.00. The van der Waals surface area contributed by atoms with Crippen molar-refractivity contribution in [2.45, 2.75) is 50.7 Å². The van der Waals surface area contributed by atoms with Crippen LogP contribution in [0.3, 0.4) is 0 Å². The summed E-state index contributed by atoms with van der Waals surface area (Å²) in [4.78, 5) is 24.9. The Balaban J connectivity index is 1.88. The Morgan fingerprint density at radius 1 is 1.10 bits per heavy atom. The van der Waals surface area contributed by atoms with E-state index in [0.717, 1.165) is 38.5 Å². The van der Waals surface area contributed by atoms with Crippen molar-refractivity contribution in [3.8, 4) is 0 Å². The van der Waals surface area contributed by atoms with Crippen molar-refractivity contribution in [3.63, 3.8) is 0 Å². The molecular weight excluding hydrogens is 260 g/mol. The van der Waals surface area contributed by atoms with E-state index in [9.17, 15) is 9.59 Å². The molecular formula is C14H24N2O4. The van der Waals surface area contributed by atoms with Crippen molar-refractivity contribution in [2.24, 2.45) is 11.7 Å². The third kappa shape index (κ3) is 3.62. The van der Waals surface area contributed by atoms with Crippen LogP contribution < -0.4 is 5.73 Å². The van der Waals surface area contributed by atoms with Crippen LogP contribution in [0, 0.1) is 5.92 Å². The summed E-state index contributed by atoms with van der Waals surface area (Å²) >= 11 is 0. The first-order valence-corrected chi connectivity index (χ1v) is 7.39. The number of amides is 2.